The van der Waals surface area contributed by atoms with Gasteiger partial charge in [0.15, 0.2) is 0 Å². The van der Waals surface area contributed by atoms with Gasteiger partial charge in [-0.25, -0.2) is 4.39 Å². The second-order valence-electron chi connectivity index (χ2n) is 3.56. The molecule has 1 aromatic carbocycles. The van der Waals surface area contributed by atoms with Crippen LogP contribution in [0.3, 0.4) is 0 Å². The molecule has 1 N–H and O–H groups in total. The number of alkyl halides is 3. The van der Waals surface area contributed by atoms with E-state index in [4.69, 9.17) is 0 Å². The number of rotatable bonds is 1. The van der Waals surface area contributed by atoms with Crippen LogP contribution in [0.4, 0.5) is 17.6 Å². The molecule has 17 heavy (non-hydrogen) atoms. The molecule has 0 saturated carbocycles. The second kappa shape index (κ2) is 4.24. The van der Waals surface area contributed by atoms with Crippen molar-refractivity contribution in [1.29, 1.82) is 0 Å². The molecule has 0 spiro atoms. The summed E-state index contributed by atoms with van der Waals surface area (Å²) in [6.45, 7) is 0.430. The lowest BCUT2D eigenvalue weighted by atomic mass is 9.97. The van der Waals surface area contributed by atoms with Gasteiger partial charge in [0.1, 0.15) is 5.82 Å². The quantitative estimate of drug-likeness (QED) is 0.746. The number of hydrogen-bond acceptors (Lipinski definition) is 1. The first-order chi connectivity index (χ1) is 8.00. The van der Waals surface area contributed by atoms with Crippen LogP contribution >= 0.6 is 0 Å². The zero-order valence-electron chi connectivity index (χ0n) is 8.68. The molecule has 1 heterocycles. The zero-order valence-corrected chi connectivity index (χ0v) is 8.68. The van der Waals surface area contributed by atoms with Crippen LogP contribution < -0.4 is 5.32 Å². The van der Waals surface area contributed by atoms with Gasteiger partial charge in [0, 0.05) is 6.54 Å². The largest absolute Gasteiger partial charge is 0.419 e. The van der Waals surface area contributed by atoms with Gasteiger partial charge in [-0.3, -0.25) is 0 Å². The standard InChI is InChI=1S/C12H9F4N/c13-10-3-1-2-9(11(10)12(14,15)16)8-4-6-17-7-5-8/h1-6,17H,7H2. The van der Waals surface area contributed by atoms with Crippen LogP contribution in [0, 0.1) is 5.82 Å². The van der Waals surface area contributed by atoms with Crippen molar-refractivity contribution in [2.24, 2.45) is 0 Å². The maximum Gasteiger partial charge on any atom is 0.419 e. The van der Waals surface area contributed by atoms with Crippen molar-refractivity contribution in [2.75, 3.05) is 6.54 Å². The fraction of sp³-hybridized carbons (Fsp3) is 0.167. The average Bonchev–Trinajstić information content (AvgIpc) is 2.28. The van der Waals surface area contributed by atoms with Crippen molar-refractivity contribution < 1.29 is 17.6 Å². The van der Waals surface area contributed by atoms with E-state index in [9.17, 15) is 17.6 Å². The Morgan fingerprint density at radius 2 is 1.94 bits per heavy atom. The Bertz CT molecular complexity index is 486. The topological polar surface area (TPSA) is 12.0 Å². The zero-order chi connectivity index (χ0) is 12.5. The van der Waals surface area contributed by atoms with Crippen molar-refractivity contribution in [3.8, 4) is 0 Å². The van der Waals surface area contributed by atoms with Crippen LogP contribution in [-0.4, -0.2) is 6.54 Å². The van der Waals surface area contributed by atoms with Crippen molar-refractivity contribution in [2.45, 2.75) is 6.18 Å². The predicted molar refractivity (Wildman–Crippen MR) is 56.5 cm³/mol. The summed E-state index contributed by atoms with van der Waals surface area (Å²) in [5.74, 6) is -1.25. The van der Waals surface area contributed by atoms with Crippen molar-refractivity contribution in [1.82, 2.24) is 5.32 Å². The van der Waals surface area contributed by atoms with Gasteiger partial charge in [-0.1, -0.05) is 18.2 Å². The van der Waals surface area contributed by atoms with Crippen LogP contribution in [0.5, 0.6) is 0 Å². The Kier molecular flexibility index (Phi) is 2.92. The van der Waals surface area contributed by atoms with E-state index in [1.807, 2.05) is 0 Å². The first kappa shape index (κ1) is 11.7. The molecule has 0 fully saturated rings. The minimum Gasteiger partial charge on any atom is -0.387 e. The highest BCUT2D eigenvalue weighted by Crippen LogP contribution is 2.37. The molecule has 0 aromatic heterocycles. The lowest BCUT2D eigenvalue weighted by Gasteiger charge is -2.16. The molecule has 0 saturated heterocycles. The van der Waals surface area contributed by atoms with Gasteiger partial charge in [-0.2, -0.15) is 13.2 Å². The first-order valence-corrected chi connectivity index (χ1v) is 4.96. The third-order valence-corrected chi connectivity index (χ3v) is 2.43. The molecule has 0 bridgehead atoms. The Balaban J connectivity index is 2.58. The number of dihydropyridines is 1. The van der Waals surface area contributed by atoms with Crippen molar-refractivity contribution in [3.63, 3.8) is 0 Å². The average molecular weight is 243 g/mol. The second-order valence-corrected chi connectivity index (χ2v) is 3.56. The highest BCUT2D eigenvalue weighted by molar-refractivity contribution is 5.77. The van der Waals surface area contributed by atoms with Crippen LogP contribution in [0.1, 0.15) is 11.1 Å². The Morgan fingerprint density at radius 3 is 2.53 bits per heavy atom. The molecule has 90 valence electrons. The number of nitrogens with one attached hydrogen (secondary N) is 1. The monoisotopic (exact) mass is 243 g/mol. The Labute approximate surface area is 95.4 Å². The summed E-state index contributed by atoms with van der Waals surface area (Å²) in [6, 6.07) is 3.36. The lowest BCUT2D eigenvalue weighted by molar-refractivity contribution is -0.140. The number of halogens is 4. The minimum absolute atomic E-state index is 0.129. The van der Waals surface area contributed by atoms with Crippen LogP contribution in [0.2, 0.25) is 0 Å². The van der Waals surface area contributed by atoms with E-state index in [1.165, 1.54) is 18.2 Å². The van der Waals surface area contributed by atoms with Crippen LogP contribution in [0.25, 0.3) is 5.57 Å². The molecule has 1 aliphatic heterocycles. The number of benzene rings is 1. The van der Waals surface area contributed by atoms with Crippen LogP contribution in [-0.2, 0) is 6.18 Å². The summed E-state index contributed by atoms with van der Waals surface area (Å²) >= 11 is 0. The third kappa shape index (κ3) is 2.33. The first-order valence-electron chi connectivity index (χ1n) is 4.96. The summed E-state index contributed by atoms with van der Waals surface area (Å²) < 4.78 is 51.6. The van der Waals surface area contributed by atoms with Crippen molar-refractivity contribution in [3.05, 3.63) is 53.5 Å². The molecule has 0 radical (unpaired) electrons. The summed E-state index contributed by atoms with van der Waals surface area (Å²) in [4.78, 5) is 0. The number of allylic oxidation sites excluding steroid dienone is 2. The smallest absolute Gasteiger partial charge is 0.387 e. The molecule has 1 nitrogen and oxygen atoms in total. The van der Waals surface area contributed by atoms with Gasteiger partial charge in [-0.15, -0.1) is 0 Å². The fourth-order valence-electron chi connectivity index (χ4n) is 1.71. The summed E-state index contributed by atoms with van der Waals surface area (Å²) in [7, 11) is 0. The van der Waals surface area contributed by atoms with E-state index in [2.05, 4.69) is 5.32 Å². The minimum atomic E-state index is -4.69. The highest BCUT2D eigenvalue weighted by atomic mass is 19.4. The summed E-state index contributed by atoms with van der Waals surface area (Å²) in [5, 5.41) is 2.83. The van der Waals surface area contributed by atoms with E-state index in [0.717, 1.165) is 6.07 Å². The Hall–Kier alpha value is -1.78. The van der Waals surface area contributed by atoms with E-state index >= 15 is 0 Å². The molecule has 0 unspecified atom stereocenters. The van der Waals surface area contributed by atoms with Crippen LogP contribution in [0.15, 0.2) is 36.6 Å². The van der Waals surface area contributed by atoms with Crippen molar-refractivity contribution >= 4 is 5.57 Å². The highest BCUT2D eigenvalue weighted by Gasteiger charge is 2.37. The molecule has 2 rings (SSSR count). The van der Waals surface area contributed by atoms with E-state index in [-0.39, 0.29) is 5.56 Å². The molecular formula is C12H9F4N. The molecule has 5 heteroatoms. The summed E-state index contributed by atoms with van der Waals surface area (Å²) in [5.41, 5.74) is -0.969. The van der Waals surface area contributed by atoms with E-state index < -0.39 is 17.6 Å². The third-order valence-electron chi connectivity index (χ3n) is 2.43. The fourth-order valence-corrected chi connectivity index (χ4v) is 1.71. The number of hydrogen-bond donors (Lipinski definition) is 1. The molecular weight excluding hydrogens is 234 g/mol. The molecule has 1 aromatic rings. The van der Waals surface area contributed by atoms with Gasteiger partial charge in [0.2, 0.25) is 0 Å². The maximum atomic E-state index is 13.3. The van der Waals surface area contributed by atoms with Gasteiger partial charge < -0.3 is 5.32 Å². The molecule has 0 amide bonds. The molecule has 1 aliphatic rings. The lowest BCUT2D eigenvalue weighted by Crippen LogP contribution is -2.14. The summed E-state index contributed by atoms with van der Waals surface area (Å²) in [6.07, 6.45) is -0.0713. The van der Waals surface area contributed by atoms with E-state index in [1.54, 1.807) is 12.3 Å². The molecule has 0 aliphatic carbocycles. The van der Waals surface area contributed by atoms with Gasteiger partial charge >= 0.3 is 6.18 Å². The normalized spacial score (nSPS) is 15.4. The Morgan fingerprint density at radius 1 is 1.18 bits per heavy atom. The predicted octanol–water partition coefficient (Wildman–Crippen LogP) is 3.34. The SMILES string of the molecule is Fc1cccc(C2=CCNC=C2)c1C(F)(F)F. The molecule has 0 atom stereocenters. The maximum absolute atomic E-state index is 13.3. The van der Waals surface area contributed by atoms with Gasteiger partial charge in [0.25, 0.3) is 0 Å². The van der Waals surface area contributed by atoms with Gasteiger partial charge in [-0.05, 0) is 29.5 Å². The van der Waals surface area contributed by atoms with E-state index in [0.29, 0.717) is 12.1 Å². The van der Waals surface area contributed by atoms with Gasteiger partial charge in [0.05, 0.1) is 5.56 Å².